The highest BCUT2D eigenvalue weighted by Crippen LogP contribution is 2.32. The fraction of sp³-hybridized carbons (Fsp3) is 0.417. The highest BCUT2D eigenvalue weighted by atomic mass is 16.5. The Morgan fingerprint density at radius 3 is 3.00 bits per heavy atom. The quantitative estimate of drug-likeness (QED) is 0.760. The third kappa shape index (κ3) is 1.75. The molecule has 2 rings (SSSR count). The summed E-state index contributed by atoms with van der Waals surface area (Å²) in [5.74, 6) is 0.775. The van der Waals surface area contributed by atoms with Crippen molar-refractivity contribution in [2.45, 2.75) is 32.4 Å². The smallest absolute Gasteiger partial charge is 0.204 e. The van der Waals surface area contributed by atoms with E-state index >= 15 is 0 Å². The maximum Gasteiger partial charge on any atom is 0.204 e. The van der Waals surface area contributed by atoms with Crippen LogP contribution < -0.4 is 10.1 Å². The lowest BCUT2D eigenvalue weighted by Crippen LogP contribution is -2.38. The van der Waals surface area contributed by atoms with E-state index < -0.39 is 6.10 Å². The van der Waals surface area contributed by atoms with Crippen LogP contribution in [0.1, 0.15) is 19.4 Å². The van der Waals surface area contributed by atoms with Gasteiger partial charge in [0, 0.05) is 0 Å². The van der Waals surface area contributed by atoms with Gasteiger partial charge in [0.15, 0.2) is 0 Å². The van der Waals surface area contributed by atoms with Crippen molar-refractivity contribution in [2.24, 2.45) is 0 Å². The minimum absolute atomic E-state index is 0.0367. The predicted octanol–water partition coefficient (Wildman–Crippen LogP) is 2.33. The molecule has 2 unspecified atom stereocenters. The lowest BCUT2D eigenvalue weighted by atomic mass is 10.1. The van der Waals surface area contributed by atoms with Gasteiger partial charge in [-0.1, -0.05) is 13.0 Å². The van der Waals surface area contributed by atoms with Gasteiger partial charge in [-0.05, 0) is 31.0 Å². The number of nitriles is 1. The maximum absolute atomic E-state index is 8.87. The van der Waals surface area contributed by atoms with Crippen LogP contribution in [0.5, 0.6) is 5.75 Å². The van der Waals surface area contributed by atoms with Crippen molar-refractivity contribution < 1.29 is 4.74 Å². The molecule has 1 aromatic rings. The predicted molar refractivity (Wildman–Crippen MR) is 58.9 cm³/mol. The van der Waals surface area contributed by atoms with Gasteiger partial charge in [0.1, 0.15) is 11.8 Å². The van der Waals surface area contributed by atoms with E-state index in [0.717, 1.165) is 17.9 Å². The van der Waals surface area contributed by atoms with Gasteiger partial charge in [-0.2, -0.15) is 5.26 Å². The number of anilines is 1. The minimum atomic E-state index is -0.398. The van der Waals surface area contributed by atoms with Gasteiger partial charge < -0.3 is 10.1 Å². The van der Waals surface area contributed by atoms with Crippen LogP contribution in [-0.4, -0.2) is 12.1 Å². The average Bonchev–Trinajstić information content (AvgIpc) is 2.27. The first-order valence-electron chi connectivity index (χ1n) is 5.20. The van der Waals surface area contributed by atoms with Crippen molar-refractivity contribution in [2.75, 3.05) is 5.32 Å². The summed E-state index contributed by atoms with van der Waals surface area (Å²) >= 11 is 0. The second-order valence-electron chi connectivity index (χ2n) is 3.78. The Bertz CT molecular complexity index is 409. The summed E-state index contributed by atoms with van der Waals surface area (Å²) in [4.78, 5) is 0. The first-order valence-corrected chi connectivity index (χ1v) is 5.20. The highest BCUT2D eigenvalue weighted by Gasteiger charge is 2.25. The molecule has 0 spiro atoms. The molecule has 1 heterocycles. The third-order valence-corrected chi connectivity index (χ3v) is 2.67. The van der Waals surface area contributed by atoms with E-state index in [-0.39, 0.29) is 6.04 Å². The van der Waals surface area contributed by atoms with E-state index in [2.05, 4.69) is 24.4 Å². The lowest BCUT2D eigenvalue weighted by Gasteiger charge is -2.29. The van der Waals surface area contributed by atoms with Gasteiger partial charge in [0.05, 0.1) is 11.7 Å². The number of nitrogens with zero attached hydrogens (tertiary/aromatic N) is 1. The molecule has 78 valence electrons. The summed E-state index contributed by atoms with van der Waals surface area (Å²) < 4.78 is 5.57. The van der Waals surface area contributed by atoms with Crippen LogP contribution in [0.25, 0.3) is 0 Å². The Morgan fingerprint density at radius 2 is 2.33 bits per heavy atom. The molecule has 1 aliphatic rings. The monoisotopic (exact) mass is 202 g/mol. The Hall–Kier alpha value is -1.69. The topological polar surface area (TPSA) is 45.0 Å². The minimum Gasteiger partial charge on any atom is -0.471 e. The van der Waals surface area contributed by atoms with Crippen molar-refractivity contribution in [1.82, 2.24) is 0 Å². The molecule has 0 saturated carbocycles. The molecule has 1 N–H and O–H groups in total. The van der Waals surface area contributed by atoms with Crippen molar-refractivity contribution in [3.05, 3.63) is 23.8 Å². The number of aryl methyl sites for hydroxylation is 1. The van der Waals surface area contributed by atoms with Gasteiger partial charge in [0.25, 0.3) is 0 Å². The van der Waals surface area contributed by atoms with Crippen LogP contribution in [0.15, 0.2) is 18.2 Å². The molecule has 0 bridgehead atoms. The summed E-state index contributed by atoms with van der Waals surface area (Å²) in [6.07, 6.45) is 0.607. The molecule has 0 saturated heterocycles. The van der Waals surface area contributed by atoms with E-state index in [0.29, 0.717) is 0 Å². The molecule has 0 radical (unpaired) electrons. The number of hydrogen-bond donors (Lipinski definition) is 1. The molecule has 0 amide bonds. The normalized spacial score (nSPS) is 23.3. The average molecular weight is 202 g/mol. The summed E-state index contributed by atoms with van der Waals surface area (Å²) in [6, 6.07) is 8.22. The van der Waals surface area contributed by atoms with Gasteiger partial charge in [-0.25, -0.2) is 0 Å². The lowest BCUT2D eigenvalue weighted by molar-refractivity contribution is 0.227. The molecule has 1 aromatic carbocycles. The van der Waals surface area contributed by atoms with Crippen LogP contribution in [0.3, 0.4) is 0 Å². The fourth-order valence-electron chi connectivity index (χ4n) is 1.71. The van der Waals surface area contributed by atoms with Gasteiger partial charge in [-0.3, -0.25) is 0 Å². The zero-order valence-corrected chi connectivity index (χ0v) is 8.95. The first-order chi connectivity index (χ1) is 7.24. The van der Waals surface area contributed by atoms with Crippen molar-refractivity contribution in [3.63, 3.8) is 0 Å². The molecule has 15 heavy (non-hydrogen) atoms. The van der Waals surface area contributed by atoms with Gasteiger partial charge in [-0.15, -0.1) is 0 Å². The zero-order chi connectivity index (χ0) is 10.8. The number of fused-ring (bicyclic) bond motifs is 1. The van der Waals surface area contributed by atoms with E-state index in [4.69, 9.17) is 10.00 Å². The van der Waals surface area contributed by atoms with Crippen LogP contribution >= 0.6 is 0 Å². The van der Waals surface area contributed by atoms with Crippen LogP contribution in [0.2, 0.25) is 0 Å². The Kier molecular flexibility index (Phi) is 2.51. The molecular weight excluding hydrogens is 188 g/mol. The Labute approximate surface area is 89.7 Å². The van der Waals surface area contributed by atoms with Gasteiger partial charge in [0.2, 0.25) is 6.10 Å². The van der Waals surface area contributed by atoms with Crippen molar-refractivity contribution in [1.29, 1.82) is 5.26 Å². The van der Waals surface area contributed by atoms with E-state index in [1.165, 1.54) is 5.56 Å². The molecule has 0 aromatic heterocycles. The second-order valence-corrected chi connectivity index (χ2v) is 3.78. The van der Waals surface area contributed by atoms with Crippen LogP contribution in [0.4, 0.5) is 5.69 Å². The van der Waals surface area contributed by atoms with Crippen molar-refractivity contribution >= 4 is 5.69 Å². The first kappa shape index (κ1) is 9.85. The maximum atomic E-state index is 8.87. The SMILES string of the molecule is CCc1ccc2c(c1)NC(C)C(C#N)O2. The second kappa shape index (κ2) is 3.82. The number of ether oxygens (including phenoxy) is 1. The van der Waals surface area contributed by atoms with Gasteiger partial charge >= 0.3 is 0 Å². The van der Waals surface area contributed by atoms with Crippen LogP contribution in [0, 0.1) is 11.3 Å². The number of hydrogen-bond acceptors (Lipinski definition) is 3. The summed E-state index contributed by atoms with van der Waals surface area (Å²) in [5, 5.41) is 12.2. The summed E-state index contributed by atoms with van der Waals surface area (Å²) in [6.45, 7) is 4.07. The number of rotatable bonds is 1. The Balaban J connectivity index is 2.33. The highest BCUT2D eigenvalue weighted by molar-refractivity contribution is 5.60. The fourth-order valence-corrected chi connectivity index (χ4v) is 1.71. The molecule has 2 atom stereocenters. The molecular formula is C12H14N2O. The molecule has 0 aliphatic carbocycles. The molecule has 0 fully saturated rings. The van der Waals surface area contributed by atoms with Crippen LogP contribution in [-0.2, 0) is 6.42 Å². The molecule has 1 aliphatic heterocycles. The standard InChI is InChI=1S/C12H14N2O/c1-3-9-4-5-11-10(6-9)14-8(2)12(7-13)15-11/h4-6,8,12,14H,3H2,1-2H3. The largest absolute Gasteiger partial charge is 0.471 e. The van der Waals surface area contributed by atoms with E-state index in [9.17, 15) is 0 Å². The number of benzene rings is 1. The van der Waals surface area contributed by atoms with E-state index in [1.807, 2.05) is 19.1 Å². The van der Waals surface area contributed by atoms with E-state index in [1.54, 1.807) is 0 Å². The molecule has 3 nitrogen and oxygen atoms in total. The molecule has 3 heteroatoms. The van der Waals surface area contributed by atoms with Crippen molar-refractivity contribution in [3.8, 4) is 11.8 Å². The summed E-state index contributed by atoms with van der Waals surface area (Å²) in [7, 11) is 0. The number of nitrogens with one attached hydrogen (secondary N) is 1. The summed E-state index contributed by atoms with van der Waals surface area (Å²) in [5.41, 5.74) is 2.26. The zero-order valence-electron chi connectivity index (χ0n) is 8.95. The third-order valence-electron chi connectivity index (χ3n) is 2.67. The Morgan fingerprint density at radius 1 is 1.53 bits per heavy atom.